The molecule has 2 rings (SSSR count). The zero-order valence-corrected chi connectivity index (χ0v) is 14.3. The van der Waals surface area contributed by atoms with Crippen LogP contribution in [0.4, 0.5) is 0 Å². The molecule has 0 spiro atoms. The maximum absolute atomic E-state index is 12.3. The summed E-state index contributed by atoms with van der Waals surface area (Å²) in [6, 6.07) is 0. The van der Waals surface area contributed by atoms with Crippen LogP contribution in [0.3, 0.4) is 0 Å². The Balaban J connectivity index is 0.00000220. The van der Waals surface area contributed by atoms with Gasteiger partial charge in [0.1, 0.15) is 4.90 Å². The number of sulfonamides is 1. The van der Waals surface area contributed by atoms with Crippen molar-refractivity contribution in [2.45, 2.75) is 55.9 Å². The summed E-state index contributed by atoms with van der Waals surface area (Å²) < 4.78 is 28.8. The molecular formula is C13H25ClN4O2S. The third-order valence-electron chi connectivity index (χ3n) is 4.19. The van der Waals surface area contributed by atoms with Crippen LogP contribution in [0.15, 0.2) is 11.1 Å². The lowest BCUT2D eigenvalue weighted by atomic mass is 9.92. The lowest BCUT2D eigenvalue weighted by molar-refractivity contribution is 0.369. The highest BCUT2D eigenvalue weighted by atomic mass is 35.5. The first-order valence-electron chi connectivity index (χ1n) is 7.11. The Kier molecular flexibility index (Phi) is 6.22. The van der Waals surface area contributed by atoms with E-state index in [1.807, 2.05) is 0 Å². The van der Waals surface area contributed by atoms with E-state index in [9.17, 15) is 8.42 Å². The van der Waals surface area contributed by atoms with Gasteiger partial charge in [-0.25, -0.2) is 13.1 Å². The van der Waals surface area contributed by atoms with Gasteiger partial charge in [0.05, 0.1) is 11.9 Å². The van der Waals surface area contributed by atoms with Crippen molar-refractivity contribution >= 4 is 22.4 Å². The fourth-order valence-electron chi connectivity index (χ4n) is 2.67. The summed E-state index contributed by atoms with van der Waals surface area (Å²) in [5.41, 5.74) is 6.55. The van der Waals surface area contributed by atoms with Gasteiger partial charge in [-0.05, 0) is 19.8 Å². The molecule has 122 valence electrons. The van der Waals surface area contributed by atoms with Gasteiger partial charge in [0.15, 0.2) is 0 Å². The third kappa shape index (κ3) is 4.42. The molecule has 1 saturated carbocycles. The van der Waals surface area contributed by atoms with E-state index in [-0.39, 0.29) is 17.3 Å². The number of hydrogen-bond donors (Lipinski definition) is 2. The highest BCUT2D eigenvalue weighted by Gasteiger charge is 2.29. The summed E-state index contributed by atoms with van der Waals surface area (Å²) in [6.07, 6.45) is 7.66. The number of rotatable bonds is 4. The van der Waals surface area contributed by atoms with Crippen molar-refractivity contribution in [1.82, 2.24) is 14.5 Å². The molecule has 1 aromatic rings. The normalized spacial score (nSPS) is 18.8. The Hall–Kier alpha value is -0.630. The van der Waals surface area contributed by atoms with Crippen molar-refractivity contribution in [2.75, 3.05) is 6.54 Å². The highest BCUT2D eigenvalue weighted by molar-refractivity contribution is 7.89. The van der Waals surface area contributed by atoms with Crippen LogP contribution in [0.1, 0.15) is 44.2 Å². The van der Waals surface area contributed by atoms with Gasteiger partial charge in [0.2, 0.25) is 10.0 Å². The van der Waals surface area contributed by atoms with Crippen LogP contribution in [0.2, 0.25) is 0 Å². The number of aromatic nitrogens is 2. The van der Waals surface area contributed by atoms with E-state index < -0.39 is 15.6 Å². The molecule has 0 saturated heterocycles. The van der Waals surface area contributed by atoms with E-state index >= 15 is 0 Å². The topological polar surface area (TPSA) is 90.0 Å². The highest BCUT2D eigenvalue weighted by Crippen LogP contribution is 2.25. The van der Waals surface area contributed by atoms with Gasteiger partial charge >= 0.3 is 0 Å². The van der Waals surface area contributed by atoms with Crippen LogP contribution in [0, 0.1) is 6.92 Å². The van der Waals surface area contributed by atoms with Crippen molar-refractivity contribution in [3.63, 3.8) is 0 Å². The smallest absolute Gasteiger partial charge is 0.244 e. The number of nitrogens with two attached hydrogens (primary N) is 1. The van der Waals surface area contributed by atoms with Crippen molar-refractivity contribution in [1.29, 1.82) is 0 Å². The molecule has 1 aliphatic rings. The fourth-order valence-corrected chi connectivity index (χ4v) is 4.01. The van der Waals surface area contributed by atoms with Crippen LogP contribution >= 0.6 is 12.4 Å². The molecule has 8 heteroatoms. The quantitative estimate of drug-likeness (QED) is 0.815. The second-order valence-electron chi connectivity index (χ2n) is 5.82. The minimum absolute atomic E-state index is 0. The summed E-state index contributed by atoms with van der Waals surface area (Å²) in [5, 5.41) is 3.98. The van der Waals surface area contributed by atoms with Crippen LogP contribution < -0.4 is 10.5 Å². The van der Waals surface area contributed by atoms with Gasteiger partial charge < -0.3 is 5.73 Å². The zero-order chi connectivity index (χ0) is 14.8. The summed E-state index contributed by atoms with van der Waals surface area (Å²) in [7, 11) is -1.81. The second-order valence-corrected chi connectivity index (χ2v) is 7.55. The number of nitrogens with zero attached hydrogens (tertiary/aromatic N) is 2. The molecule has 3 N–H and O–H groups in total. The Bertz CT molecular complexity index is 563. The monoisotopic (exact) mass is 336 g/mol. The lowest BCUT2D eigenvalue weighted by Crippen LogP contribution is -2.49. The van der Waals surface area contributed by atoms with Crippen molar-refractivity contribution in [3.05, 3.63) is 11.9 Å². The third-order valence-corrected chi connectivity index (χ3v) is 5.70. The van der Waals surface area contributed by atoms with Crippen molar-refractivity contribution in [3.8, 4) is 0 Å². The van der Waals surface area contributed by atoms with Crippen molar-refractivity contribution in [2.24, 2.45) is 12.8 Å². The van der Waals surface area contributed by atoms with E-state index in [4.69, 9.17) is 5.73 Å². The molecule has 1 aromatic heterocycles. The average Bonchev–Trinajstić information content (AvgIpc) is 2.62. The van der Waals surface area contributed by atoms with Gasteiger partial charge in [-0.1, -0.05) is 25.7 Å². The number of hydrogen-bond acceptors (Lipinski definition) is 4. The van der Waals surface area contributed by atoms with Gasteiger partial charge in [-0.2, -0.15) is 5.10 Å². The zero-order valence-electron chi connectivity index (χ0n) is 12.6. The van der Waals surface area contributed by atoms with Crippen LogP contribution in [-0.4, -0.2) is 30.3 Å². The average molecular weight is 337 g/mol. The summed E-state index contributed by atoms with van der Waals surface area (Å²) in [5.74, 6) is 0. The van der Waals surface area contributed by atoms with E-state index in [0.717, 1.165) is 25.7 Å². The van der Waals surface area contributed by atoms with E-state index in [1.165, 1.54) is 19.0 Å². The van der Waals surface area contributed by atoms with Crippen LogP contribution in [0.5, 0.6) is 0 Å². The predicted molar refractivity (Wildman–Crippen MR) is 85.0 cm³/mol. The van der Waals surface area contributed by atoms with E-state index in [1.54, 1.807) is 18.7 Å². The Morgan fingerprint density at radius 1 is 1.33 bits per heavy atom. The van der Waals surface area contributed by atoms with Crippen LogP contribution in [-0.2, 0) is 17.1 Å². The van der Waals surface area contributed by atoms with Crippen LogP contribution in [0.25, 0.3) is 0 Å². The fraction of sp³-hybridized carbons (Fsp3) is 0.769. The standard InChI is InChI=1S/C13H24N4O2S.ClH/c1-11-12(9-15-17(11)2)20(18,19)16-10-13(14)7-5-3-4-6-8-13;/h9,16H,3-8,10,14H2,1-2H3;1H. The van der Waals surface area contributed by atoms with E-state index in [2.05, 4.69) is 9.82 Å². The molecule has 1 heterocycles. The minimum atomic E-state index is -3.53. The summed E-state index contributed by atoms with van der Waals surface area (Å²) in [4.78, 5) is 0.234. The molecule has 21 heavy (non-hydrogen) atoms. The maximum atomic E-state index is 12.3. The second kappa shape index (κ2) is 7.09. The molecule has 0 aromatic carbocycles. The molecule has 0 amide bonds. The maximum Gasteiger partial charge on any atom is 0.244 e. The molecule has 0 bridgehead atoms. The van der Waals surface area contributed by atoms with Gasteiger partial charge in [0.25, 0.3) is 0 Å². The first-order chi connectivity index (χ1) is 9.34. The molecule has 0 aliphatic heterocycles. The molecule has 0 unspecified atom stereocenters. The predicted octanol–water partition coefficient (Wildman–Crippen LogP) is 1.48. The Morgan fingerprint density at radius 2 is 1.90 bits per heavy atom. The Labute approximate surface area is 132 Å². The summed E-state index contributed by atoms with van der Waals surface area (Å²) in [6.45, 7) is 2.04. The molecule has 1 aliphatic carbocycles. The Morgan fingerprint density at radius 3 is 2.38 bits per heavy atom. The van der Waals surface area contributed by atoms with Crippen molar-refractivity contribution < 1.29 is 8.42 Å². The van der Waals surface area contributed by atoms with Gasteiger partial charge in [-0.15, -0.1) is 12.4 Å². The molecule has 6 nitrogen and oxygen atoms in total. The largest absolute Gasteiger partial charge is 0.324 e. The minimum Gasteiger partial charge on any atom is -0.324 e. The SMILES string of the molecule is Cc1c(S(=O)(=O)NCC2(N)CCCCCC2)cnn1C.Cl. The number of nitrogens with one attached hydrogen (secondary N) is 1. The van der Waals surface area contributed by atoms with Gasteiger partial charge in [-0.3, -0.25) is 4.68 Å². The van der Waals surface area contributed by atoms with Gasteiger partial charge in [0, 0.05) is 19.1 Å². The number of halogens is 1. The molecule has 1 fully saturated rings. The molecule has 0 atom stereocenters. The van der Waals surface area contributed by atoms with E-state index in [0.29, 0.717) is 12.2 Å². The molecular weight excluding hydrogens is 312 g/mol. The first kappa shape index (κ1) is 18.4. The summed E-state index contributed by atoms with van der Waals surface area (Å²) >= 11 is 0. The first-order valence-corrected chi connectivity index (χ1v) is 8.60. The number of aryl methyl sites for hydroxylation is 1. The molecule has 0 radical (unpaired) electrons. The lowest BCUT2D eigenvalue weighted by Gasteiger charge is -2.28.